The van der Waals surface area contributed by atoms with E-state index in [4.69, 9.17) is 9.47 Å². The first-order valence-corrected chi connectivity index (χ1v) is 5.86. The van der Waals surface area contributed by atoms with Crippen molar-refractivity contribution in [2.45, 2.75) is 6.92 Å². The molecular formula is C14H11F2NO3. The van der Waals surface area contributed by atoms with Crippen molar-refractivity contribution in [3.8, 4) is 11.6 Å². The summed E-state index contributed by atoms with van der Waals surface area (Å²) in [5.41, 5.74) is 0.263. The molecule has 0 saturated carbocycles. The molecule has 1 aromatic heterocycles. The van der Waals surface area contributed by atoms with Crippen molar-refractivity contribution in [3.05, 3.63) is 53.7 Å². The summed E-state index contributed by atoms with van der Waals surface area (Å²) in [4.78, 5) is 15.3. The van der Waals surface area contributed by atoms with Crippen LogP contribution in [-0.4, -0.2) is 17.6 Å². The molecule has 20 heavy (non-hydrogen) atoms. The maximum absolute atomic E-state index is 13.4. The Bertz CT molecular complexity index is 614. The minimum Gasteiger partial charge on any atom is -0.462 e. The molecule has 0 aliphatic carbocycles. The van der Waals surface area contributed by atoms with Gasteiger partial charge in [-0.3, -0.25) is 0 Å². The summed E-state index contributed by atoms with van der Waals surface area (Å²) in [5.74, 6) is -2.09. The zero-order valence-electron chi connectivity index (χ0n) is 10.6. The van der Waals surface area contributed by atoms with Gasteiger partial charge in [0.25, 0.3) is 0 Å². The molecule has 0 N–H and O–H groups in total. The molecule has 0 fully saturated rings. The molecule has 1 aromatic carbocycles. The van der Waals surface area contributed by atoms with Crippen molar-refractivity contribution in [1.82, 2.24) is 4.98 Å². The number of ether oxygens (including phenoxy) is 2. The zero-order valence-corrected chi connectivity index (χ0v) is 10.6. The van der Waals surface area contributed by atoms with Crippen molar-refractivity contribution in [3.63, 3.8) is 0 Å². The second kappa shape index (κ2) is 6.10. The number of hydrogen-bond acceptors (Lipinski definition) is 4. The highest BCUT2D eigenvalue weighted by Crippen LogP contribution is 2.23. The third kappa shape index (κ3) is 3.28. The van der Waals surface area contributed by atoms with E-state index in [-0.39, 0.29) is 23.8 Å². The average molecular weight is 279 g/mol. The monoisotopic (exact) mass is 279 g/mol. The Morgan fingerprint density at radius 2 is 2.05 bits per heavy atom. The summed E-state index contributed by atoms with van der Waals surface area (Å²) in [6.45, 7) is 1.96. The molecule has 0 aliphatic heterocycles. The molecule has 6 heteroatoms. The molecular weight excluding hydrogens is 268 g/mol. The van der Waals surface area contributed by atoms with Crippen LogP contribution in [-0.2, 0) is 4.74 Å². The molecule has 0 amide bonds. The highest BCUT2D eigenvalue weighted by Gasteiger charge is 2.09. The molecule has 0 aliphatic rings. The molecule has 4 nitrogen and oxygen atoms in total. The zero-order chi connectivity index (χ0) is 14.5. The Morgan fingerprint density at radius 3 is 2.65 bits per heavy atom. The van der Waals surface area contributed by atoms with Gasteiger partial charge in [0.2, 0.25) is 5.88 Å². The van der Waals surface area contributed by atoms with E-state index in [9.17, 15) is 13.6 Å². The van der Waals surface area contributed by atoms with E-state index in [1.54, 1.807) is 6.92 Å². The molecule has 0 atom stereocenters. The van der Waals surface area contributed by atoms with E-state index in [0.29, 0.717) is 6.07 Å². The first kappa shape index (κ1) is 13.9. The van der Waals surface area contributed by atoms with Gasteiger partial charge >= 0.3 is 5.97 Å². The number of esters is 1. The fourth-order valence-corrected chi connectivity index (χ4v) is 1.45. The quantitative estimate of drug-likeness (QED) is 0.805. The summed E-state index contributed by atoms with van der Waals surface area (Å²) in [7, 11) is 0. The number of pyridine rings is 1. The van der Waals surface area contributed by atoms with Crippen molar-refractivity contribution in [1.29, 1.82) is 0 Å². The topological polar surface area (TPSA) is 48.4 Å². The van der Waals surface area contributed by atoms with Crippen LogP contribution in [0.2, 0.25) is 0 Å². The van der Waals surface area contributed by atoms with Crippen LogP contribution in [0.15, 0.2) is 36.5 Å². The maximum Gasteiger partial charge on any atom is 0.339 e. The SMILES string of the molecule is CCOC(=O)c1ccc(Oc2ccc(F)cc2F)nc1. The number of aromatic nitrogens is 1. The molecule has 1 heterocycles. The van der Waals surface area contributed by atoms with Crippen LogP contribution in [0, 0.1) is 11.6 Å². The van der Waals surface area contributed by atoms with Gasteiger partial charge in [-0.1, -0.05) is 0 Å². The van der Waals surface area contributed by atoms with Crippen molar-refractivity contribution in [2.75, 3.05) is 6.61 Å². The lowest BCUT2D eigenvalue weighted by Gasteiger charge is -2.06. The number of hydrogen-bond donors (Lipinski definition) is 0. The molecule has 0 spiro atoms. The summed E-state index contributed by atoms with van der Waals surface area (Å²) >= 11 is 0. The molecule has 104 valence electrons. The van der Waals surface area contributed by atoms with Gasteiger partial charge in [-0.05, 0) is 25.1 Å². The second-order valence-corrected chi connectivity index (χ2v) is 3.78. The fraction of sp³-hybridized carbons (Fsp3) is 0.143. The Morgan fingerprint density at radius 1 is 1.25 bits per heavy atom. The molecule has 0 unspecified atom stereocenters. The van der Waals surface area contributed by atoms with Gasteiger partial charge in [0.15, 0.2) is 11.6 Å². The molecule has 2 rings (SSSR count). The first-order valence-electron chi connectivity index (χ1n) is 5.86. The Kier molecular flexibility index (Phi) is 4.24. The van der Waals surface area contributed by atoms with Crippen LogP contribution in [0.3, 0.4) is 0 Å². The van der Waals surface area contributed by atoms with Crippen molar-refractivity contribution in [2.24, 2.45) is 0 Å². The maximum atomic E-state index is 13.4. The van der Waals surface area contributed by atoms with Gasteiger partial charge in [0.05, 0.1) is 12.2 Å². The third-order valence-corrected chi connectivity index (χ3v) is 2.36. The molecule has 2 aromatic rings. The molecule has 0 bridgehead atoms. The van der Waals surface area contributed by atoms with E-state index in [1.165, 1.54) is 18.3 Å². The number of rotatable bonds is 4. The number of carbonyl (C=O) groups is 1. The van der Waals surface area contributed by atoms with Crippen LogP contribution in [0.1, 0.15) is 17.3 Å². The van der Waals surface area contributed by atoms with Crippen LogP contribution in [0.5, 0.6) is 11.6 Å². The van der Waals surface area contributed by atoms with Gasteiger partial charge in [0.1, 0.15) is 5.82 Å². The minimum atomic E-state index is -0.832. The van der Waals surface area contributed by atoms with E-state index >= 15 is 0 Å². The molecule has 0 radical (unpaired) electrons. The van der Waals surface area contributed by atoms with Gasteiger partial charge in [-0.2, -0.15) is 0 Å². The minimum absolute atomic E-state index is 0.0866. The van der Waals surface area contributed by atoms with E-state index in [1.807, 2.05) is 0 Å². The first-order chi connectivity index (χ1) is 9.60. The van der Waals surface area contributed by atoms with Crippen LogP contribution < -0.4 is 4.74 Å². The fourth-order valence-electron chi connectivity index (χ4n) is 1.45. The number of benzene rings is 1. The van der Waals surface area contributed by atoms with E-state index in [2.05, 4.69) is 4.98 Å². The van der Waals surface area contributed by atoms with Crippen LogP contribution in [0.25, 0.3) is 0 Å². The standard InChI is InChI=1S/C14H11F2NO3/c1-2-19-14(18)9-3-6-13(17-8-9)20-12-5-4-10(15)7-11(12)16/h3-8H,2H2,1H3. The van der Waals surface area contributed by atoms with E-state index < -0.39 is 17.6 Å². The van der Waals surface area contributed by atoms with Gasteiger partial charge in [0, 0.05) is 18.3 Å². The lowest BCUT2D eigenvalue weighted by Crippen LogP contribution is -2.05. The van der Waals surface area contributed by atoms with Gasteiger partial charge in [-0.25, -0.2) is 18.6 Å². The Labute approximate surface area is 114 Å². The van der Waals surface area contributed by atoms with Gasteiger partial charge in [-0.15, -0.1) is 0 Å². The molecule has 0 saturated heterocycles. The number of carbonyl (C=O) groups excluding carboxylic acids is 1. The lowest BCUT2D eigenvalue weighted by atomic mass is 10.3. The van der Waals surface area contributed by atoms with Crippen LogP contribution in [0.4, 0.5) is 8.78 Å². The summed E-state index contributed by atoms with van der Waals surface area (Å²) in [5, 5.41) is 0. The van der Waals surface area contributed by atoms with Crippen LogP contribution >= 0.6 is 0 Å². The van der Waals surface area contributed by atoms with Crippen molar-refractivity contribution < 1.29 is 23.0 Å². The number of nitrogens with zero attached hydrogens (tertiary/aromatic N) is 1. The number of halogens is 2. The summed E-state index contributed by atoms with van der Waals surface area (Å²) in [6, 6.07) is 5.79. The summed E-state index contributed by atoms with van der Waals surface area (Å²) < 4.78 is 36.1. The highest BCUT2D eigenvalue weighted by atomic mass is 19.1. The second-order valence-electron chi connectivity index (χ2n) is 3.78. The lowest BCUT2D eigenvalue weighted by molar-refractivity contribution is 0.0526. The predicted molar refractivity (Wildman–Crippen MR) is 66.6 cm³/mol. The third-order valence-electron chi connectivity index (χ3n) is 2.36. The smallest absolute Gasteiger partial charge is 0.339 e. The van der Waals surface area contributed by atoms with E-state index in [0.717, 1.165) is 12.1 Å². The highest BCUT2D eigenvalue weighted by molar-refractivity contribution is 5.89. The van der Waals surface area contributed by atoms with Gasteiger partial charge < -0.3 is 9.47 Å². The Balaban J connectivity index is 2.12. The summed E-state index contributed by atoms with van der Waals surface area (Å²) in [6.07, 6.45) is 1.26. The Hall–Kier alpha value is -2.50. The van der Waals surface area contributed by atoms with Crippen molar-refractivity contribution >= 4 is 5.97 Å². The normalized spacial score (nSPS) is 10.2. The average Bonchev–Trinajstić information content (AvgIpc) is 2.43. The largest absolute Gasteiger partial charge is 0.462 e. The predicted octanol–water partition coefficient (Wildman–Crippen LogP) is 3.33.